The molecule has 1 aromatic heterocycles. The van der Waals surface area contributed by atoms with Gasteiger partial charge in [-0.3, -0.25) is 9.69 Å². The number of nitrogens with two attached hydrogens (primary N) is 1. The van der Waals surface area contributed by atoms with E-state index in [1.165, 1.54) is 0 Å². The lowest BCUT2D eigenvalue weighted by Crippen LogP contribution is -2.51. The van der Waals surface area contributed by atoms with Crippen LogP contribution in [0.4, 0.5) is 0 Å². The van der Waals surface area contributed by atoms with Crippen molar-refractivity contribution in [1.29, 1.82) is 0 Å². The van der Waals surface area contributed by atoms with Crippen LogP contribution in [0.25, 0.3) is 0 Å². The molecular weight excluding hydrogens is 258 g/mol. The highest BCUT2D eigenvalue weighted by Crippen LogP contribution is 2.27. The molecule has 1 fully saturated rings. The Kier molecular flexibility index (Phi) is 4.47. The van der Waals surface area contributed by atoms with Gasteiger partial charge in [0.1, 0.15) is 5.76 Å². The van der Waals surface area contributed by atoms with Crippen molar-refractivity contribution < 1.29 is 13.9 Å². The molecule has 3 unspecified atom stereocenters. The summed E-state index contributed by atoms with van der Waals surface area (Å²) < 4.78 is 10.7. The van der Waals surface area contributed by atoms with Gasteiger partial charge < -0.3 is 20.2 Å². The summed E-state index contributed by atoms with van der Waals surface area (Å²) in [5, 5.41) is 2.96. The van der Waals surface area contributed by atoms with Crippen molar-refractivity contribution in [3.05, 3.63) is 24.2 Å². The molecule has 1 aromatic rings. The van der Waals surface area contributed by atoms with Crippen LogP contribution in [0.15, 0.2) is 22.8 Å². The zero-order valence-corrected chi connectivity index (χ0v) is 12.3. The number of nitrogens with zero attached hydrogens (tertiary/aromatic N) is 1. The first kappa shape index (κ1) is 15.0. The third-order valence-corrected chi connectivity index (χ3v) is 3.99. The largest absolute Gasteiger partial charge is 0.468 e. The van der Waals surface area contributed by atoms with Crippen LogP contribution in [0.1, 0.15) is 18.7 Å². The SMILES string of the molecule is CN(C)C(CNC(=O)C1(C)COCC1N)c1ccco1. The van der Waals surface area contributed by atoms with E-state index < -0.39 is 5.41 Å². The Bertz CT molecular complexity index is 447. The Labute approximate surface area is 119 Å². The van der Waals surface area contributed by atoms with Gasteiger partial charge >= 0.3 is 0 Å². The van der Waals surface area contributed by atoms with Gasteiger partial charge in [0.05, 0.1) is 30.9 Å². The smallest absolute Gasteiger partial charge is 0.230 e. The first-order chi connectivity index (χ1) is 9.45. The van der Waals surface area contributed by atoms with E-state index in [1.54, 1.807) is 6.26 Å². The lowest BCUT2D eigenvalue weighted by atomic mass is 9.85. The lowest BCUT2D eigenvalue weighted by molar-refractivity contribution is -0.130. The summed E-state index contributed by atoms with van der Waals surface area (Å²) in [6.07, 6.45) is 1.63. The topological polar surface area (TPSA) is 80.7 Å². The molecule has 1 amide bonds. The number of hydrogen-bond donors (Lipinski definition) is 2. The van der Waals surface area contributed by atoms with Gasteiger partial charge in [-0.2, -0.15) is 0 Å². The maximum Gasteiger partial charge on any atom is 0.230 e. The van der Waals surface area contributed by atoms with Crippen LogP contribution in [-0.4, -0.2) is 50.7 Å². The monoisotopic (exact) mass is 281 g/mol. The van der Waals surface area contributed by atoms with Crippen LogP contribution < -0.4 is 11.1 Å². The first-order valence-corrected chi connectivity index (χ1v) is 6.76. The Hall–Kier alpha value is -1.37. The van der Waals surface area contributed by atoms with Crippen molar-refractivity contribution in [1.82, 2.24) is 10.2 Å². The molecule has 0 aromatic carbocycles. The molecule has 2 heterocycles. The predicted molar refractivity (Wildman–Crippen MR) is 75.0 cm³/mol. The molecule has 1 saturated heterocycles. The zero-order chi connectivity index (χ0) is 14.8. The van der Waals surface area contributed by atoms with E-state index >= 15 is 0 Å². The highest BCUT2D eigenvalue weighted by Gasteiger charge is 2.44. The fourth-order valence-electron chi connectivity index (χ4n) is 2.33. The molecule has 0 saturated carbocycles. The number of rotatable bonds is 5. The number of carbonyl (C=O) groups is 1. The minimum atomic E-state index is -0.653. The molecule has 0 aliphatic carbocycles. The van der Waals surface area contributed by atoms with Crippen molar-refractivity contribution in [3.8, 4) is 0 Å². The molecule has 6 nitrogen and oxygen atoms in total. The zero-order valence-electron chi connectivity index (χ0n) is 12.3. The van der Waals surface area contributed by atoms with Gasteiger partial charge in [-0.1, -0.05) is 0 Å². The second kappa shape index (κ2) is 5.95. The number of likely N-dealkylation sites (N-methyl/N-ethyl adjacent to an activating group) is 1. The molecule has 1 aliphatic rings. The fourth-order valence-corrected chi connectivity index (χ4v) is 2.33. The predicted octanol–water partition coefficient (Wildman–Crippen LogP) is 0.362. The number of hydrogen-bond acceptors (Lipinski definition) is 5. The first-order valence-electron chi connectivity index (χ1n) is 6.76. The Morgan fingerprint density at radius 3 is 2.90 bits per heavy atom. The quantitative estimate of drug-likeness (QED) is 0.814. The van der Waals surface area contributed by atoms with Crippen LogP contribution in [0.3, 0.4) is 0 Å². The molecular formula is C14H23N3O3. The highest BCUT2D eigenvalue weighted by atomic mass is 16.5. The number of ether oxygens (including phenoxy) is 1. The van der Waals surface area contributed by atoms with E-state index in [0.717, 1.165) is 5.76 Å². The van der Waals surface area contributed by atoms with Gasteiger partial charge in [0.25, 0.3) is 0 Å². The molecule has 112 valence electrons. The third kappa shape index (κ3) is 2.87. The lowest BCUT2D eigenvalue weighted by Gasteiger charge is -2.28. The second-order valence-electron chi connectivity index (χ2n) is 5.74. The standard InChI is InChI=1S/C14H23N3O3/c1-14(9-19-8-12(14)15)13(18)16-7-10(17(2)3)11-5-4-6-20-11/h4-6,10,12H,7-9,15H2,1-3H3,(H,16,18). The summed E-state index contributed by atoms with van der Waals surface area (Å²) in [7, 11) is 3.90. The van der Waals surface area contributed by atoms with Crippen LogP contribution in [-0.2, 0) is 9.53 Å². The van der Waals surface area contributed by atoms with Crippen molar-refractivity contribution >= 4 is 5.91 Å². The average Bonchev–Trinajstić information content (AvgIpc) is 3.01. The summed E-state index contributed by atoms with van der Waals surface area (Å²) in [6.45, 7) is 3.12. The van der Waals surface area contributed by atoms with E-state index in [9.17, 15) is 4.79 Å². The minimum Gasteiger partial charge on any atom is -0.468 e. The van der Waals surface area contributed by atoms with Crippen LogP contribution >= 0.6 is 0 Å². The third-order valence-electron chi connectivity index (χ3n) is 3.99. The Morgan fingerprint density at radius 2 is 2.40 bits per heavy atom. The number of nitrogens with one attached hydrogen (secondary N) is 1. The second-order valence-corrected chi connectivity index (χ2v) is 5.74. The molecule has 0 bridgehead atoms. The van der Waals surface area contributed by atoms with Gasteiger partial charge in [0.2, 0.25) is 5.91 Å². The highest BCUT2D eigenvalue weighted by molar-refractivity contribution is 5.83. The molecule has 3 N–H and O–H groups in total. The Balaban J connectivity index is 1.98. The number of carbonyl (C=O) groups excluding carboxylic acids is 1. The normalized spacial score (nSPS) is 27.8. The summed E-state index contributed by atoms with van der Waals surface area (Å²) in [4.78, 5) is 14.4. The molecule has 20 heavy (non-hydrogen) atoms. The van der Waals surface area contributed by atoms with E-state index in [2.05, 4.69) is 5.32 Å². The van der Waals surface area contributed by atoms with Crippen molar-refractivity contribution in [2.24, 2.45) is 11.1 Å². The summed E-state index contributed by atoms with van der Waals surface area (Å²) in [5.74, 6) is 0.758. The number of amides is 1. The fraction of sp³-hybridized carbons (Fsp3) is 0.643. The van der Waals surface area contributed by atoms with Gasteiger partial charge in [-0.05, 0) is 33.2 Å². The molecule has 0 radical (unpaired) electrons. The summed E-state index contributed by atoms with van der Waals surface area (Å²) >= 11 is 0. The molecule has 1 aliphatic heterocycles. The Morgan fingerprint density at radius 1 is 1.65 bits per heavy atom. The van der Waals surface area contributed by atoms with E-state index in [4.69, 9.17) is 14.9 Å². The van der Waals surface area contributed by atoms with Crippen molar-refractivity contribution in [2.45, 2.75) is 19.0 Å². The maximum atomic E-state index is 12.4. The molecule has 6 heteroatoms. The van der Waals surface area contributed by atoms with E-state index in [0.29, 0.717) is 19.8 Å². The average molecular weight is 281 g/mol. The summed E-state index contributed by atoms with van der Waals surface area (Å²) in [5.41, 5.74) is 5.31. The van der Waals surface area contributed by atoms with Gasteiger partial charge in [0, 0.05) is 12.6 Å². The van der Waals surface area contributed by atoms with Gasteiger partial charge in [0.15, 0.2) is 0 Å². The molecule has 2 rings (SSSR count). The van der Waals surface area contributed by atoms with Crippen LogP contribution in [0.2, 0.25) is 0 Å². The number of furan rings is 1. The van der Waals surface area contributed by atoms with E-state index in [1.807, 2.05) is 38.1 Å². The summed E-state index contributed by atoms with van der Waals surface area (Å²) in [6, 6.07) is 3.48. The van der Waals surface area contributed by atoms with Crippen LogP contribution in [0, 0.1) is 5.41 Å². The minimum absolute atomic E-state index is 0.00361. The van der Waals surface area contributed by atoms with Gasteiger partial charge in [-0.15, -0.1) is 0 Å². The molecule has 3 atom stereocenters. The maximum absolute atomic E-state index is 12.4. The van der Waals surface area contributed by atoms with Crippen LogP contribution in [0.5, 0.6) is 0 Å². The molecule has 0 spiro atoms. The van der Waals surface area contributed by atoms with Crippen molar-refractivity contribution in [2.75, 3.05) is 33.9 Å². The van der Waals surface area contributed by atoms with Crippen molar-refractivity contribution in [3.63, 3.8) is 0 Å². The van der Waals surface area contributed by atoms with Gasteiger partial charge in [-0.25, -0.2) is 0 Å². The van der Waals surface area contributed by atoms with E-state index in [-0.39, 0.29) is 18.0 Å².